The summed E-state index contributed by atoms with van der Waals surface area (Å²) in [5.41, 5.74) is 2.16. The van der Waals surface area contributed by atoms with Crippen molar-refractivity contribution in [2.75, 3.05) is 59.5 Å². The van der Waals surface area contributed by atoms with E-state index in [1.54, 1.807) is 13.3 Å². The highest BCUT2D eigenvalue weighted by molar-refractivity contribution is 5.80. The first-order valence-corrected chi connectivity index (χ1v) is 10.8. The Morgan fingerprint density at radius 1 is 1.19 bits per heavy atom. The Hall–Kier alpha value is -2.91. The highest BCUT2D eigenvalue weighted by atomic mass is 16.5. The van der Waals surface area contributed by atoms with Gasteiger partial charge in [-0.15, -0.1) is 0 Å². The van der Waals surface area contributed by atoms with Gasteiger partial charge in [0.25, 0.3) is 0 Å². The fraction of sp³-hybridized carbons (Fsp3) is 0.500. The summed E-state index contributed by atoms with van der Waals surface area (Å²) in [5, 5.41) is 10.6. The van der Waals surface area contributed by atoms with Crippen LogP contribution in [0, 0.1) is 0 Å². The highest BCUT2D eigenvalue weighted by Gasteiger charge is 2.21. The molecule has 2 heterocycles. The van der Waals surface area contributed by atoms with Crippen molar-refractivity contribution in [3.05, 3.63) is 48.3 Å². The zero-order valence-corrected chi connectivity index (χ0v) is 18.5. The lowest BCUT2D eigenvalue weighted by molar-refractivity contribution is -0.122. The number of carbonyl (C=O) groups excluding carboxylic acids is 1. The molecule has 1 amide bonds. The molecular weight excluding hydrogens is 394 g/mol. The lowest BCUT2D eigenvalue weighted by Crippen LogP contribution is -2.54. The molecule has 0 spiro atoms. The first-order chi connectivity index (χ1) is 15.2. The number of rotatable bonds is 9. The van der Waals surface area contributed by atoms with Gasteiger partial charge >= 0.3 is 0 Å². The van der Waals surface area contributed by atoms with Crippen molar-refractivity contribution in [1.29, 1.82) is 0 Å². The molecule has 0 unspecified atom stereocenters. The molecule has 31 heavy (non-hydrogen) atoms. The predicted octanol–water partition coefficient (Wildman–Crippen LogP) is 0.718. The maximum atomic E-state index is 12.0. The van der Waals surface area contributed by atoms with Gasteiger partial charge in [-0.3, -0.25) is 9.69 Å². The van der Waals surface area contributed by atoms with Gasteiger partial charge in [-0.1, -0.05) is 12.1 Å². The number of methoxy groups -OCH3 is 1. The topological polar surface area (TPSA) is 87.0 Å². The molecule has 1 aromatic carbocycles. The zero-order chi connectivity index (χ0) is 21.9. The average molecular weight is 428 g/mol. The molecule has 1 saturated heterocycles. The third-order valence-electron chi connectivity index (χ3n) is 5.09. The van der Waals surface area contributed by atoms with Gasteiger partial charge in [-0.2, -0.15) is 5.10 Å². The highest BCUT2D eigenvalue weighted by Crippen LogP contribution is 2.11. The van der Waals surface area contributed by atoms with Crippen LogP contribution in [0.1, 0.15) is 12.5 Å². The monoisotopic (exact) mass is 427 g/mol. The van der Waals surface area contributed by atoms with Crippen LogP contribution < -0.4 is 10.6 Å². The van der Waals surface area contributed by atoms with Crippen LogP contribution in [0.3, 0.4) is 0 Å². The molecule has 0 bridgehead atoms. The summed E-state index contributed by atoms with van der Waals surface area (Å²) in [4.78, 5) is 21.3. The fourth-order valence-corrected chi connectivity index (χ4v) is 3.48. The largest absolute Gasteiger partial charge is 0.383 e. The van der Waals surface area contributed by atoms with Crippen molar-refractivity contribution in [2.45, 2.75) is 13.5 Å². The molecular formula is C22H33N7O2. The number of hydrogen-bond donors (Lipinski definition) is 2. The van der Waals surface area contributed by atoms with E-state index in [2.05, 4.69) is 44.6 Å². The van der Waals surface area contributed by atoms with Crippen LogP contribution in [0.5, 0.6) is 0 Å². The number of hydrogen-bond acceptors (Lipinski definition) is 5. The van der Waals surface area contributed by atoms with Crippen LogP contribution >= 0.6 is 0 Å². The number of ether oxygens (including phenoxy) is 1. The maximum absolute atomic E-state index is 12.0. The van der Waals surface area contributed by atoms with Gasteiger partial charge in [-0.25, -0.2) is 9.67 Å². The van der Waals surface area contributed by atoms with Gasteiger partial charge < -0.3 is 20.3 Å². The molecule has 1 fully saturated rings. The normalized spacial score (nSPS) is 15.2. The minimum atomic E-state index is 0.0446. The van der Waals surface area contributed by atoms with Gasteiger partial charge in [-0.05, 0) is 30.7 Å². The molecule has 168 valence electrons. The molecule has 1 aromatic heterocycles. The number of piperazine rings is 1. The van der Waals surface area contributed by atoms with Crippen LogP contribution in [0.25, 0.3) is 5.69 Å². The summed E-state index contributed by atoms with van der Waals surface area (Å²) >= 11 is 0. The Bertz CT molecular complexity index is 830. The SMILES string of the molecule is CCNC(=NCc1cccc(-n2cccn2)c1)N1CCN(CC(=O)NCCOC)CC1. The van der Waals surface area contributed by atoms with Crippen LogP contribution in [-0.2, 0) is 16.1 Å². The second-order valence-electron chi connectivity index (χ2n) is 7.40. The number of benzene rings is 1. The van der Waals surface area contributed by atoms with Crippen molar-refractivity contribution in [2.24, 2.45) is 4.99 Å². The van der Waals surface area contributed by atoms with Gasteiger partial charge in [0.2, 0.25) is 5.91 Å². The molecule has 9 heteroatoms. The van der Waals surface area contributed by atoms with Crippen molar-refractivity contribution in [3.8, 4) is 5.69 Å². The van der Waals surface area contributed by atoms with E-state index in [0.29, 0.717) is 26.2 Å². The Kier molecular flexibility index (Phi) is 8.86. The summed E-state index contributed by atoms with van der Waals surface area (Å²) in [6.45, 7) is 8.33. The van der Waals surface area contributed by atoms with Crippen molar-refractivity contribution < 1.29 is 9.53 Å². The third-order valence-corrected chi connectivity index (χ3v) is 5.09. The molecule has 2 aromatic rings. The summed E-state index contributed by atoms with van der Waals surface area (Å²) < 4.78 is 6.82. The summed E-state index contributed by atoms with van der Waals surface area (Å²) in [5.74, 6) is 0.958. The molecule has 3 rings (SSSR count). The zero-order valence-electron chi connectivity index (χ0n) is 18.5. The van der Waals surface area contributed by atoms with Crippen LogP contribution in [-0.4, -0.2) is 91.0 Å². The van der Waals surface area contributed by atoms with Gasteiger partial charge in [0.15, 0.2) is 5.96 Å². The quantitative estimate of drug-likeness (QED) is 0.348. The summed E-state index contributed by atoms with van der Waals surface area (Å²) in [6, 6.07) is 10.2. The molecule has 0 atom stereocenters. The number of guanidine groups is 1. The van der Waals surface area contributed by atoms with Crippen molar-refractivity contribution in [3.63, 3.8) is 0 Å². The lowest BCUT2D eigenvalue weighted by Gasteiger charge is -2.36. The molecule has 0 radical (unpaired) electrons. The summed E-state index contributed by atoms with van der Waals surface area (Å²) in [7, 11) is 1.63. The van der Waals surface area contributed by atoms with E-state index < -0.39 is 0 Å². The first kappa shape index (κ1) is 22.8. The number of nitrogens with one attached hydrogen (secondary N) is 2. The van der Waals surface area contributed by atoms with Crippen molar-refractivity contribution >= 4 is 11.9 Å². The molecule has 1 aliphatic heterocycles. The standard InChI is InChI=1S/C22H33N7O2/c1-3-23-22(25-17-19-6-4-7-20(16-19)29-10-5-8-26-29)28-13-11-27(12-14-28)18-21(30)24-9-15-31-2/h4-8,10,16H,3,9,11-15,17-18H2,1-2H3,(H,23,25)(H,24,30). The van der Waals surface area contributed by atoms with E-state index in [1.807, 2.05) is 29.1 Å². The van der Waals surface area contributed by atoms with Crippen LogP contribution in [0.15, 0.2) is 47.7 Å². The van der Waals surface area contributed by atoms with E-state index in [0.717, 1.165) is 49.9 Å². The number of aromatic nitrogens is 2. The maximum Gasteiger partial charge on any atom is 0.234 e. The fourth-order valence-electron chi connectivity index (χ4n) is 3.48. The van der Waals surface area contributed by atoms with Gasteiger partial charge in [0.1, 0.15) is 0 Å². The number of amides is 1. The Labute approximate surface area is 184 Å². The average Bonchev–Trinajstić information content (AvgIpc) is 3.33. The predicted molar refractivity (Wildman–Crippen MR) is 121 cm³/mol. The molecule has 2 N–H and O–H groups in total. The smallest absolute Gasteiger partial charge is 0.234 e. The minimum absolute atomic E-state index is 0.0446. The van der Waals surface area contributed by atoms with E-state index in [9.17, 15) is 4.79 Å². The van der Waals surface area contributed by atoms with Crippen LogP contribution in [0.4, 0.5) is 0 Å². The molecule has 9 nitrogen and oxygen atoms in total. The Balaban J connectivity index is 1.53. The first-order valence-electron chi connectivity index (χ1n) is 10.8. The van der Waals surface area contributed by atoms with E-state index in [-0.39, 0.29) is 5.91 Å². The number of nitrogens with zero attached hydrogens (tertiary/aromatic N) is 5. The van der Waals surface area contributed by atoms with E-state index in [1.165, 1.54) is 0 Å². The summed E-state index contributed by atoms with van der Waals surface area (Å²) in [6.07, 6.45) is 3.71. The van der Waals surface area contributed by atoms with Crippen molar-refractivity contribution in [1.82, 2.24) is 30.2 Å². The number of carbonyl (C=O) groups is 1. The minimum Gasteiger partial charge on any atom is -0.383 e. The van der Waals surface area contributed by atoms with Crippen LogP contribution in [0.2, 0.25) is 0 Å². The van der Waals surface area contributed by atoms with E-state index >= 15 is 0 Å². The molecule has 0 saturated carbocycles. The second-order valence-corrected chi connectivity index (χ2v) is 7.40. The van der Waals surface area contributed by atoms with Gasteiger partial charge in [0, 0.05) is 58.8 Å². The molecule has 0 aliphatic carbocycles. The second kappa shape index (κ2) is 12.1. The third kappa shape index (κ3) is 7.08. The molecule has 1 aliphatic rings. The lowest BCUT2D eigenvalue weighted by atomic mass is 10.2. The Morgan fingerprint density at radius 3 is 2.74 bits per heavy atom. The van der Waals surface area contributed by atoms with Gasteiger partial charge in [0.05, 0.1) is 25.4 Å². The number of aliphatic imine (C=N–C) groups is 1. The Morgan fingerprint density at radius 2 is 2.03 bits per heavy atom. The van der Waals surface area contributed by atoms with E-state index in [4.69, 9.17) is 9.73 Å².